The molecule has 0 saturated carbocycles. The number of aliphatic hydroxyl groups is 1. The van der Waals surface area contributed by atoms with Crippen molar-refractivity contribution in [1.29, 1.82) is 0 Å². The molecule has 1 N–H and O–H groups in total. The van der Waals surface area contributed by atoms with Crippen LogP contribution in [0.25, 0.3) is 0 Å². The maximum atomic E-state index is 13.9. The Kier molecular flexibility index (Phi) is 4.25. The van der Waals surface area contributed by atoms with Gasteiger partial charge in [-0.2, -0.15) is 0 Å². The highest BCUT2D eigenvalue weighted by molar-refractivity contribution is 5.47. The minimum atomic E-state index is -0.822. The first-order valence-corrected chi connectivity index (χ1v) is 6.32. The molecule has 0 aromatic heterocycles. The monoisotopic (exact) mass is 276 g/mol. The van der Waals surface area contributed by atoms with E-state index in [1.54, 1.807) is 25.1 Å². The van der Waals surface area contributed by atoms with Crippen LogP contribution in [0.5, 0.6) is 17.2 Å². The van der Waals surface area contributed by atoms with Gasteiger partial charge >= 0.3 is 0 Å². The SMILES string of the molecule is COc1cc(C)ccc1Oc1c(F)cccc1[C@@H](C)O. The standard InChI is InChI=1S/C16H17FO3/c1-10-7-8-14(15(9-10)19-3)20-16-12(11(2)18)5-4-6-13(16)17/h4-9,11,18H,1-3H3/t11-/m1/s1. The van der Waals surface area contributed by atoms with Gasteiger partial charge in [-0.25, -0.2) is 4.39 Å². The fourth-order valence-electron chi connectivity index (χ4n) is 1.93. The number of aliphatic hydroxyl groups excluding tert-OH is 1. The van der Waals surface area contributed by atoms with E-state index in [1.807, 2.05) is 13.0 Å². The van der Waals surface area contributed by atoms with E-state index >= 15 is 0 Å². The average Bonchev–Trinajstić information content (AvgIpc) is 2.42. The van der Waals surface area contributed by atoms with Crippen molar-refractivity contribution in [3.63, 3.8) is 0 Å². The van der Waals surface area contributed by atoms with E-state index in [1.165, 1.54) is 19.2 Å². The number of hydrogen-bond donors (Lipinski definition) is 1. The van der Waals surface area contributed by atoms with Gasteiger partial charge < -0.3 is 14.6 Å². The van der Waals surface area contributed by atoms with E-state index in [0.29, 0.717) is 17.1 Å². The molecule has 106 valence electrons. The van der Waals surface area contributed by atoms with Gasteiger partial charge in [-0.15, -0.1) is 0 Å². The lowest BCUT2D eigenvalue weighted by atomic mass is 10.1. The first-order valence-electron chi connectivity index (χ1n) is 6.32. The smallest absolute Gasteiger partial charge is 0.169 e. The topological polar surface area (TPSA) is 38.7 Å². The van der Waals surface area contributed by atoms with Crippen LogP contribution >= 0.6 is 0 Å². The molecule has 0 bridgehead atoms. The summed E-state index contributed by atoms with van der Waals surface area (Å²) in [7, 11) is 1.53. The summed E-state index contributed by atoms with van der Waals surface area (Å²) in [5, 5.41) is 9.70. The highest BCUT2D eigenvalue weighted by Crippen LogP contribution is 2.36. The van der Waals surface area contributed by atoms with Crippen molar-refractivity contribution < 1.29 is 19.0 Å². The zero-order valence-corrected chi connectivity index (χ0v) is 11.7. The molecule has 0 spiro atoms. The van der Waals surface area contributed by atoms with E-state index in [2.05, 4.69) is 0 Å². The number of rotatable bonds is 4. The lowest BCUT2D eigenvalue weighted by Gasteiger charge is -2.16. The Bertz CT molecular complexity index is 609. The summed E-state index contributed by atoms with van der Waals surface area (Å²) >= 11 is 0. The number of aryl methyl sites for hydroxylation is 1. The molecule has 20 heavy (non-hydrogen) atoms. The summed E-state index contributed by atoms with van der Waals surface area (Å²) in [6.45, 7) is 3.49. The summed E-state index contributed by atoms with van der Waals surface area (Å²) < 4.78 is 24.8. The molecule has 0 fully saturated rings. The lowest BCUT2D eigenvalue weighted by Crippen LogP contribution is -2.00. The zero-order chi connectivity index (χ0) is 14.7. The second kappa shape index (κ2) is 5.92. The molecule has 0 saturated heterocycles. The quantitative estimate of drug-likeness (QED) is 0.917. The van der Waals surface area contributed by atoms with Crippen LogP contribution in [0.4, 0.5) is 4.39 Å². The number of ether oxygens (including phenoxy) is 2. The van der Waals surface area contributed by atoms with E-state index < -0.39 is 11.9 Å². The molecule has 1 atom stereocenters. The van der Waals surface area contributed by atoms with Crippen LogP contribution < -0.4 is 9.47 Å². The van der Waals surface area contributed by atoms with Crippen molar-refractivity contribution in [2.45, 2.75) is 20.0 Å². The average molecular weight is 276 g/mol. The fourth-order valence-corrected chi connectivity index (χ4v) is 1.93. The van der Waals surface area contributed by atoms with Crippen molar-refractivity contribution in [3.8, 4) is 17.2 Å². The number of methoxy groups -OCH3 is 1. The molecule has 0 radical (unpaired) electrons. The zero-order valence-electron chi connectivity index (χ0n) is 11.7. The predicted octanol–water partition coefficient (Wildman–Crippen LogP) is 3.99. The van der Waals surface area contributed by atoms with Gasteiger partial charge in [0.1, 0.15) is 0 Å². The number of benzene rings is 2. The second-order valence-electron chi connectivity index (χ2n) is 4.59. The van der Waals surface area contributed by atoms with Crippen LogP contribution in [0.1, 0.15) is 24.2 Å². The molecule has 0 aliphatic rings. The molecule has 2 aromatic carbocycles. The maximum absolute atomic E-state index is 13.9. The van der Waals surface area contributed by atoms with Crippen LogP contribution in [0.15, 0.2) is 36.4 Å². The van der Waals surface area contributed by atoms with Gasteiger partial charge in [0.15, 0.2) is 23.1 Å². The Labute approximate surface area is 117 Å². The normalized spacial score (nSPS) is 12.1. The molecular formula is C16H17FO3. The van der Waals surface area contributed by atoms with E-state index in [-0.39, 0.29) is 5.75 Å². The highest BCUT2D eigenvalue weighted by Gasteiger charge is 2.16. The van der Waals surface area contributed by atoms with Crippen molar-refractivity contribution in [2.75, 3.05) is 7.11 Å². The largest absolute Gasteiger partial charge is 0.493 e. The Hall–Kier alpha value is -2.07. The summed E-state index contributed by atoms with van der Waals surface area (Å²) in [6, 6.07) is 9.83. The minimum Gasteiger partial charge on any atom is -0.493 e. The minimum absolute atomic E-state index is 0.0182. The fraction of sp³-hybridized carbons (Fsp3) is 0.250. The van der Waals surface area contributed by atoms with E-state index in [0.717, 1.165) is 5.56 Å². The van der Waals surface area contributed by atoms with Gasteiger partial charge in [-0.1, -0.05) is 18.2 Å². The van der Waals surface area contributed by atoms with Crippen molar-refractivity contribution in [3.05, 3.63) is 53.3 Å². The molecule has 0 aliphatic carbocycles. The van der Waals surface area contributed by atoms with Gasteiger partial charge in [0.2, 0.25) is 0 Å². The van der Waals surface area contributed by atoms with Gasteiger partial charge in [-0.05, 0) is 37.6 Å². The van der Waals surface area contributed by atoms with Crippen LogP contribution in [0.3, 0.4) is 0 Å². The lowest BCUT2D eigenvalue weighted by molar-refractivity contribution is 0.194. The number of hydrogen-bond acceptors (Lipinski definition) is 3. The summed E-state index contributed by atoms with van der Waals surface area (Å²) in [5.41, 5.74) is 1.41. The van der Waals surface area contributed by atoms with Gasteiger partial charge in [0.05, 0.1) is 13.2 Å². The number of para-hydroxylation sites is 1. The third-order valence-corrected chi connectivity index (χ3v) is 2.98. The van der Waals surface area contributed by atoms with Crippen molar-refractivity contribution >= 4 is 0 Å². The van der Waals surface area contributed by atoms with Crippen LogP contribution in [-0.2, 0) is 0 Å². The molecule has 2 aromatic rings. The maximum Gasteiger partial charge on any atom is 0.169 e. The molecular weight excluding hydrogens is 259 g/mol. The predicted molar refractivity (Wildman–Crippen MR) is 74.8 cm³/mol. The molecule has 4 heteroatoms. The first kappa shape index (κ1) is 14.3. The second-order valence-corrected chi connectivity index (χ2v) is 4.59. The van der Waals surface area contributed by atoms with Crippen LogP contribution in [0, 0.1) is 12.7 Å². The summed E-state index contributed by atoms with van der Waals surface area (Å²) in [4.78, 5) is 0. The van der Waals surface area contributed by atoms with Crippen LogP contribution in [-0.4, -0.2) is 12.2 Å². The molecule has 0 unspecified atom stereocenters. The molecule has 3 nitrogen and oxygen atoms in total. The number of halogens is 1. The molecule has 0 aliphatic heterocycles. The third kappa shape index (κ3) is 2.91. The Balaban J connectivity index is 2.45. The van der Waals surface area contributed by atoms with Gasteiger partial charge in [0.25, 0.3) is 0 Å². The van der Waals surface area contributed by atoms with Crippen LogP contribution in [0.2, 0.25) is 0 Å². The van der Waals surface area contributed by atoms with Gasteiger partial charge in [0, 0.05) is 5.56 Å². The van der Waals surface area contributed by atoms with E-state index in [9.17, 15) is 9.50 Å². The third-order valence-electron chi connectivity index (χ3n) is 2.98. The molecule has 2 rings (SSSR count). The summed E-state index contributed by atoms with van der Waals surface area (Å²) in [5.74, 6) is 0.422. The van der Waals surface area contributed by atoms with Gasteiger partial charge in [-0.3, -0.25) is 0 Å². The molecule has 0 heterocycles. The summed E-state index contributed by atoms with van der Waals surface area (Å²) in [6.07, 6.45) is -0.822. The van der Waals surface area contributed by atoms with Crippen molar-refractivity contribution in [2.24, 2.45) is 0 Å². The Morgan fingerprint density at radius 3 is 2.55 bits per heavy atom. The Morgan fingerprint density at radius 2 is 1.90 bits per heavy atom. The van der Waals surface area contributed by atoms with Crippen molar-refractivity contribution in [1.82, 2.24) is 0 Å². The highest BCUT2D eigenvalue weighted by atomic mass is 19.1. The first-order chi connectivity index (χ1) is 9.52. The molecule has 0 amide bonds. The van der Waals surface area contributed by atoms with E-state index in [4.69, 9.17) is 9.47 Å². The Morgan fingerprint density at radius 1 is 1.15 bits per heavy atom.